The van der Waals surface area contributed by atoms with E-state index >= 15 is 0 Å². The smallest absolute Gasteiger partial charge is 0.322 e. The minimum absolute atomic E-state index is 0.00400. The van der Waals surface area contributed by atoms with Crippen LogP contribution in [0.2, 0.25) is 0 Å². The van der Waals surface area contributed by atoms with Crippen molar-refractivity contribution >= 4 is 11.7 Å². The first kappa shape index (κ1) is 21.9. The first-order valence-corrected chi connectivity index (χ1v) is 10.2. The van der Waals surface area contributed by atoms with Gasteiger partial charge in [0.15, 0.2) is 11.5 Å². The molecule has 162 valence electrons. The van der Waals surface area contributed by atoms with Crippen molar-refractivity contribution < 1.29 is 19.0 Å². The molecule has 1 aliphatic rings. The summed E-state index contributed by atoms with van der Waals surface area (Å²) in [4.78, 5) is 16.6. The topological polar surface area (TPSA) is 63.3 Å². The Morgan fingerprint density at radius 3 is 2.67 bits per heavy atom. The van der Waals surface area contributed by atoms with Gasteiger partial charge in [-0.15, -0.1) is 0 Å². The number of likely N-dealkylation sites (N-methyl/N-ethyl adjacent to an activating group) is 1. The van der Waals surface area contributed by atoms with Crippen LogP contribution in [0.15, 0.2) is 48.5 Å². The molecule has 1 heterocycles. The molecule has 0 aromatic heterocycles. The van der Waals surface area contributed by atoms with E-state index in [1.807, 2.05) is 47.4 Å². The molecule has 3 rings (SSSR count). The van der Waals surface area contributed by atoms with E-state index in [1.54, 1.807) is 14.2 Å². The average Bonchev–Trinajstić information content (AvgIpc) is 2.78. The third-order valence-corrected chi connectivity index (χ3v) is 5.20. The molecular weight excluding hydrogens is 382 g/mol. The van der Waals surface area contributed by atoms with Crippen LogP contribution in [0.4, 0.5) is 10.5 Å². The number of hydrogen-bond acceptors (Lipinski definition) is 5. The molecule has 0 spiro atoms. The number of carbonyl (C=O) groups excluding carboxylic acids is 1. The van der Waals surface area contributed by atoms with E-state index < -0.39 is 0 Å². The highest BCUT2D eigenvalue weighted by molar-refractivity contribution is 5.89. The predicted octanol–water partition coefficient (Wildman–Crippen LogP) is 3.11. The van der Waals surface area contributed by atoms with Crippen LogP contribution in [0.25, 0.3) is 0 Å². The molecule has 0 aliphatic carbocycles. The first-order chi connectivity index (χ1) is 14.6. The Kier molecular flexibility index (Phi) is 7.93. The number of urea groups is 1. The van der Waals surface area contributed by atoms with E-state index in [4.69, 9.17) is 14.2 Å². The largest absolute Gasteiger partial charge is 0.493 e. The molecule has 1 N–H and O–H groups in total. The third kappa shape index (κ3) is 6.11. The molecule has 2 aromatic rings. The quantitative estimate of drug-likeness (QED) is 0.721. The van der Waals surface area contributed by atoms with Crippen LogP contribution in [-0.2, 0) is 11.2 Å². The Balaban J connectivity index is 1.46. The molecule has 1 atom stereocenters. The van der Waals surface area contributed by atoms with Gasteiger partial charge in [0.2, 0.25) is 0 Å². The Morgan fingerprint density at radius 2 is 1.93 bits per heavy atom. The Labute approximate surface area is 178 Å². The van der Waals surface area contributed by atoms with Gasteiger partial charge in [-0.2, -0.15) is 0 Å². The lowest BCUT2D eigenvalue weighted by Gasteiger charge is -2.34. The summed E-state index contributed by atoms with van der Waals surface area (Å²) in [5, 5.41) is 2.95. The van der Waals surface area contributed by atoms with Gasteiger partial charge in [-0.1, -0.05) is 24.3 Å². The Morgan fingerprint density at radius 1 is 1.17 bits per heavy atom. The van der Waals surface area contributed by atoms with Gasteiger partial charge in [-0.25, -0.2) is 4.79 Å². The van der Waals surface area contributed by atoms with Crippen LogP contribution in [0.3, 0.4) is 0 Å². The second-order valence-electron chi connectivity index (χ2n) is 7.44. The molecule has 2 aromatic carbocycles. The highest BCUT2D eigenvalue weighted by atomic mass is 16.5. The molecular formula is C23H31N3O4. The molecule has 0 saturated carbocycles. The monoisotopic (exact) mass is 413 g/mol. The van der Waals surface area contributed by atoms with Gasteiger partial charge in [0.05, 0.1) is 26.9 Å². The van der Waals surface area contributed by atoms with E-state index in [0.717, 1.165) is 36.7 Å². The van der Waals surface area contributed by atoms with Crippen LogP contribution < -0.4 is 14.8 Å². The molecule has 1 unspecified atom stereocenters. The summed E-state index contributed by atoms with van der Waals surface area (Å²) in [6, 6.07) is 15.4. The summed E-state index contributed by atoms with van der Waals surface area (Å²) in [5.74, 6) is 1.48. The van der Waals surface area contributed by atoms with Crippen molar-refractivity contribution in [1.82, 2.24) is 9.80 Å². The molecule has 7 heteroatoms. The van der Waals surface area contributed by atoms with Crippen molar-refractivity contribution in [3.63, 3.8) is 0 Å². The molecule has 1 saturated heterocycles. The number of morpholine rings is 1. The fourth-order valence-corrected chi connectivity index (χ4v) is 3.53. The van der Waals surface area contributed by atoms with Crippen molar-refractivity contribution in [3.8, 4) is 11.5 Å². The SMILES string of the molecule is COc1ccc(CCN(C)CC2CN(C(=O)Nc3ccccc3)CCO2)cc1OC. The average molecular weight is 414 g/mol. The number of nitrogens with one attached hydrogen (secondary N) is 1. The maximum atomic E-state index is 12.5. The van der Waals surface area contributed by atoms with Crippen LogP contribution in [-0.4, -0.2) is 76.0 Å². The standard InChI is InChI=1S/C23H31N3O4/c1-25(12-11-18-9-10-21(28-2)22(15-18)29-3)16-20-17-26(13-14-30-20)23(27)24-19-7-5-4-6-8-19/h4-10,15,20H,11-14,16-17H2,1-3H3,(H,24,27). The fraction of sp³-hybridized carbons (Fsp3) is 0.435. The minimum atomic E-state index is -0.0810. The summed E-state index contributed by atoms with van der Waals surface area (Å²) in [5.41, 5.74) is 1.99. The molecule has 7 nitrogen and oxygen atoms in total. The van der Waals surface area contributed by atoms with Crippen LogP contribution in [0, 0.1) is 0 Å². The van der Waals surface area contributed by atoms with Gasteiger partial charge < -0.3 is 29.3 Å². The third-order valence-electron chi connectivity index (χ3n) is 5.20. The molecule has 0 radical (unpaired) electrons. The summed E-state index contributed by atoms with van der Waals surface area (Å²) in [7, 11) is 5.36. The number of benzene rings is 2. The van der Waals surface area contributed by atoms with Crippen molar-refractivity contribution in [2.45, 2.75) is 12.5 Å². The maximum absolute atomic E-state index is 12.5. The van der Waals surface area contributed by atoms with Gasteiger partial charge in [-0.3, -0.25) is 0 Å². The van der Waals surface area contributed by atoms with Crippen LogP contribution in [0.1, 0.15) is 5.56 Å². The van der Waals surface area contributed by atoms with E-state index in [1.165, 1.54) is 5.56 Å². The number of carbonyl (C=O) groups is 1. The number of nitrogens with zero attached hydrogens (tertiary/aromatic N) is 2. The number of ether oxygens (including phenoxy) is 3. The van der Waals surface area contributed by atoms with Gasteiger partial charge in [-0.05, 0) is 43.3 Å². The molecule has 1 aliphatic heterocycles. The maximum Gasteiger partial charge on any atom is 0.322 e. The number of para-hydroxylation sites is 1. The lowest BCUT2D eigenvalue weighted by molar-refractivity contribution is -0.0255. The van der Waals surface area contributed by atoms with Crippen molar-refractivity contribution in [2.24, 2.45) is 0 Å². The van der Waals surface area contributed by atoms with Gasteiger partial charge in [0.1, 0.15) is 0 Å². The van der Waals surface area contributed by atoms with E-state index in [9.17, 15) is 4.79 Å². The summed E-state index contributed by atoms with van der Waals surface area (Å²) >= 11 is 0. The molecule has 1 fully saturated rings. The van der Waals surface area contributed by atoms with Crippen molar-refractivity contribution in [1.29, 1.82) is 0 Å². The normalized spacial score (nSPS) is 16.4. The molecule has 0 bridgehead atoms. The Hall–Kier alpha value is -2.77. The first-order valence-electron chi connectivity index (χ1n) is 10.2. The minimum Gasteiger partial charge on any atom is -0.493 e. The number of hydrogen-bond donors (Lipinski definition) is 1. The van der Waals surface area contributed by atoms with Gasteiger partial charge in [0, 0.05) is 31.9 Å². The van der Waals surface area contributed by atoms with E-state index in [0.29, 0.717) is 19.7 Å². The van der Waals surface area contributed by atoms with Crippen molar-refractivity contribution in [3.05, 3.63) is 54.1 Å². The van der Waals surface area contributed by atoms with Crippen LogP contribution >= 0.6 is 0 Å². The highest BCUT2D eigenvalue weighted by Crippen LogP contribution is 2.27. The zero-order chi connectivity index (χ0) is 21.3. The fourth-order valence-electron chi connectivity index (χ4n) is 3.53. The van der Waals surface area contributed by atoms with Gasteiger partial charge >= 0.3 is 6.03 Å². The Bertz CT molecular complexity index is 815. The predicted molar refractivity (Wildman–Crippen MR) is 118 cm³/mol. The molecule has 30 heavy (non-hydrogen) atoms. The summed E-state index contributed by atoms with van der Waals surface area (Å²) in [6.07, 6.45) is 0.887. The van der Waals surface area contributed by atoms with Crippen molar-refractivity contribution in [2.75, 3.05) is 59.4 Å². The van der Waals surface area contributed by atoms with E-state index in [2.05, 4.69) is 23.3 Å². The summed E-state index contributed by atoms with van der Waals surface area (Å²) in [6.45, 7) is 3.38. The second-order valence-corrected chi connectivity index (χ2v) is 7.44. The lowest BCUT2D eigenvalue weighted by atomic mass is 10.1. The second kappa shape index (κ2) is 10.8. The summed E-state index contributed by atoms with van der Waals surface area (Å²) < 4.78 is 16.6. The number of methoxy groups -OCH3 is 2. The lowest BCUT2D eigenvalue weighted by Crippen LogP contribution is -2.50. The number of anilines is 1. The van der Waals surface area contributed by atoms with Crippen LogP contribution in [0.5, 0.6) is 11.5 Å². The number of amides is 2. The number of rotatable bonds is 8. The zero-order valence-electron chi connectivity index (χ0n) is 18.0. The van der Waals surface area contributed by atoms with E-state index in [-0.39, 0.29) is 12.1 Å². The zero-order valence-corrected chi connectivity index (χ0v) is 18.0. The van der Waals surface area contributed by atoms with Gasteiger partial charge in [0.25, 0.3) is 0 Å². The molecule has 2 amide bonds. The highest BCUT2D eigenvalue weighted by Gasteiger charge is 2.25.